The van der Waals surface area contributed by atoms with Crippen molar-refractivity contribution in [3.05, 3.63) is 72.3 Å². The van der Waals surface area contributed by atoms with Crippen LogP contribution in [0.1, 0.15) is 43.9 Å². The average Bonchev–Trinajstić information content (AvgIpc) is 2.65. The first-order valence-corrected chi connectivity index (χ1v) is 9.06. The Labute approximate surface area is 151 Å². The van der Waals surface area contributed by atoms with E-state index < -0.39 is 0 Å². The largest absolute Gasteiger partial charge is 0.490 e. The summed E-state index contributed by atoms with van der Waals surface area (Å²) in [4.78, 5) is 0. The normalized spacial score (nSPS) is 11.8. The van der Waals surface area contributed by atoms with E-state index in [1.54, 1.807) is 6.08 Å². The zero-order valence-electron chi connectivity index (χ0n) is 15.3. The molecule has 2 rings (SSSR count). The molecule has 0 spiro atoms. The summed E-state index contributed by atoms with van der Waals surface area (Å²) in [6.45, 7) is 9.77. The molecule has 25 heavy (non-hydrogen) atoms. The number of benzene rings is 2. The third-order valence-corrected chi connectivity index (χ3v) is 4.00. The van der Waals surface area contributed by atoms with Gasteiger partial charge in [0.1, 0.15) is 6.61 Å². The second-order valence-electron chi connectivity index (χ2n) is 5.95. The lowest BCUT2D eigenvalue weighted by Gasteiger charge is -2.19. The number of rotatable bonds is 11. The quantitative estimate of drug-likeness (QED) is 0.565. The molecule has 1 unspecified atom stereocenters. The van der Waals surface area contributed by atoms with Gasteiger partial charge in [-0.15, -0.1) is 0 Å². The van der Waals surface area contributed by atoms with Gasteiger partial charge in [0.2, 0.25) is 0 Å². The molecule has 0 fully saturated rings. The average molecular weight is 339 g/mol. The van der Waals surface area contributed by atoms with Gasteiger partial charge in [-0.1, -0.05) is 62.4 Å². The van der Waals surface area contributed by atoms with Crippen molar-refractivity contribution in [2.45, 2.75) is 39.3 Å². The SMILES string of the molecule is C=CCOc1ccc(CNC(CCC)c2ccccc2)cc1OCC. The Morgan fingerprint density at radius 1 is 1.04 bits per heavy atom. The lowest BCUT2D eigenvalue weighted by Crippen LogP contribution is -2.20. The molecule has 0 aliphatic carbocycles. The van der Waals surface area contributed by atoms with Crippen LogP contribution in [-0.2, 0) is 6.54 Å². The summed E-state index contributed by atoms with van der Waals surface area (Å²) in [5, 5.41) is 3.67. The number of ether oxygens (including phenoxy) is 2. The minimum absolute atomic E-state index is 0.360. The molecule has 0 saturated heterocycles. The zero-order chi connectivity index (χ0) is 17.9. The Kier molecular flexibility index (Phi) is 8.06. The molecule has 0 bridgehead atoms. The lowest BCUT2D eigenvalue weighted by atomic mass is 10.0. The van der Waals surface area contributed by atoms with Crippen LogP contribution in [-0.4, -0.2) is 13.2 Å². The Bertz CT molecular complexity index is 640. The molecule has 2 aromatic rings. The molecule has 1 atom stereocenters. The summed E-state index contributed by atoms with van der Waals surface area (Å²) in [5.74, 6) is 1.55. The van der Waals surface area contributed by atoms with E-state index in [1.807, 2.05) is 13.0 Å². The monoisotopic (exact) mass is 339 g/mol. The van der Waals surface area contributed by atoms with Crippen LogP contribution >= 0.6 is 0 Å². The molecule has 3 nitrogen and oxygen atoms in total. The highest BCUT2D eigenvalue weighted by atomic mass is 16.5. The van der Waals surface area contributed by atoms with Gasteiger partial charge in [0, 0.05) is 12.6 Å². The van der Waals surface area contributed by atoms with E-state index in [9.17, 15) is 0 Å². The maximum absolute atomic E-state index is 5.73. The van der Waals surface area contributed by atoms with Gasteiger partial charge < -0.3 is 14.8 Å². The predicted octanol–water partition coefficient (Wildman–Crippen LogP) is 5.28. The predicted molar refractivity (Wildman–Crippen MR) is 104 cm³/mol. The highest BCUT2D eigenvalue weighted by molar-refractivity contribution is 5.43. The van der Waals surface area contributed by atoms with Crippen LogP contribution < -0.4 is 14.8 Å². The van der Waals surface area contributed by atoms with Crippen molar-refractivity contribution in [1.29, 1.82) is 0 Å². The van der Waals surface area contributed by atoms with Crippen LogP contribution in [0.25, 0.3) is 0 Å². The minimum Gasteiger partial charge on any atom is -0.490 e. The van der Waals surface area contributed by atoms with Crippen molar-refractivity contribution in [2.75, 3.05) is 13.2 Å². The van der Waals surface area contributed by atoms with Gasteiger partial charge in [0.05, 0.1) is 6.61 Å². The summed E-state index contributed by atoms with van der Waals surface area (Å²) >= 11 is 0. The minimum atomic E-state index is 0.360. The molecule has 0 heterocycles. The Morgan fingerprint density at radius 3 is 2.52 bits per heavy atom. The van der Waals surface area contributed by atoms with Crippen molar-refractivity contribution < 1.29 is 9.47 Å². The second kappa shape index (κ2) is 10.6. The summed E-state index contributed by atoms with van der Waals surface area (Å²) in [7, 11) is 0. The molecule has 0 amide bonds. The van der Waals surface area contributed by atoms with E-state index in [-0.39, 0.29) is 0 Å². The van der Waals surface area contributed by atoms with Gasteiger partial charge in [-0.3, -0.25) is 0 Å². The molecule has 2 aromatic carbocycles. The van der Waals surface area contributed by atoms with Crippen molar-refractivity contribution in [2.24, 2.45) is 0 Å². The molecule has 3 heteroatoms. The van der Waals surface area contributed by atoms with E-state index in [4.69, 9.17) is 9.47 Å². The van der Waals surface area contributed by atoms with Crippen molar-refractivity contribution in [3.8, 4) is 11.5 Å². The molecular weight excluding hydrogens is 310 g/mol. The van der Waals surface area contributed by atoms with E-state index >= 15 is 0 Å². The van der Waals surface area contributed by atoms with Crippen molar-refractivity contribution in [3.63, 3.8) is 0 Å². The van der Waals surface area contributed by atoms with Crippen LogP contribution in [0.2, 0.25) is 0 Å². The van der Waals surface area contributed by atoms with Gasteiger partial charge in [0.25, 0.3) is 0 Å². The van der Waals surface area contributed by atoms with Crippen LogP contribution in [0.4, 0.5) is 0 Å². The van der Waals surface area contributed by atoms with E-state index in [1.165, 1.54) is 11.1 Å². The molecule has 1 N–H and O–H groups in total. The summed E-state index contributed by atoms with van der Waals surface area (Å²) < 4.78 is 11.4. The third kappa shape index (κ3) is 5.95. The summed E-state index contributed by atoms with van der Waals surface area (Å²) in [6.07, 6.45) is 3.99. The Hall–Kier alpha value is -2.26. The first kappa shape index (κ1) is 19.1. The van der Waals surface area contributed by atoms with Gasteiger partial charge in [-0.2, -0.15) is 0 Å². The topological polar surface area (TPSA) is 30.5 Å². The Morgan fingerprint density at radius 2 is 1.84 bits per heavy atom. The van der Waals surface area contributed by atoms with Crippen LogP contribution in [0.3, 0.4) is 0 Å². The maximum Gasteiger partial charge on any atom is 0.161 e. The molecule has 0 aromatic heterocycles. The summed E-state index contributed by atoms with van der Waals surface area (Å²) in [6, 6.07) is 17.1. The van der Waals surface area contributed by atoms with E-state index in [2.05, 4.69) is 61.3 Å². The number of nitrogens with one attached hydrogen (secondary N) is 1. The van der Waals surface area contributed by atoms with Gasteiger partial charge in [0.15, 0.2) is 11.5 Å². The number of hydrogen-bond donors (Lipinski definition) is 1. The van der Waals surface area contributed by atoms with Gasteiger partial charge in [-0.25, -0.2) is 0 Å². The standard InChI is InChI=1S/C22H29NO2/c1-4-10-20(19-11-8-7-9-12-19)23-17-18-13-14-21(25-15-5-2)22(16-18)24-6-3/h5,7-9,11-14,16,20,23H,2,4,6,10,15,17H2,1,3H3. The highest BCUT2D eigenvalue weighted by Crippen LogP contribution is 2.29. The molecule has 134 valence electrons. The van der Waals surface area contributed by atoms with Gasteiger partial charge >= 0.3 is 0 Å². The van der Waals surface area contributed by atoms with Crippen LogP contribution in [0.15, 0.2) is 61.2 Å². The van der Waals surface area contributed by atoms with Gasteiger partial charge in [-0.05, 0) is 36.6 Å². The third-order valence-electron chi connectivity index (χ3n) is 4.00. The molecule has 0 aliphatic heterocycles. The fraction of sp³-hybridized carbons (Fsp3) is 0.364. The molecular formula is C22H29NO2. The lowest BCUT2D eigenvalue weighted by molar-refractivity contribution is 0.296. The zero-order valence-corrected chi connectivity index (χ0v) is 15.3. The molecule has 0 aliphatic rings. The summed E-state index contributed by atoms with van der Waals surface area (Å²) in [5.41, 5.74) is 2.52. The maximum atomic E-state index is 5.73. The van der Waals surface area contributed by atoms with Crippen molar-refractivity contribution in [1.82, 2.24) is 5.32 Å². The number of hydrogen-bond acceptors (Lipinski definition) is 3. The first-order chi connectivity index (χ1) is 12.3. The Balaban J connectivity index is 2.07. The van der Waals surface area contributed by atoms with Crippen LogP contribution in [0.5, 0.6) is 11.5 Å². The van der Waals surface area contributed by atoms with E-state index in [0.717, 1.165) is 30.9 Å². The second-order valence-corrected chi connectivity index (χ2v) is 5.95. The fourth-order valence-corrected chi connectivity index (χ4v) is 2.80. The van der Waals surface area contributed by atoms with Crippen molar-refractivity contribution >= 4 is 0 Å². The smallest absolute Gasteiger partial charge is 0.161 e. The molecule has 0 saturated carbocycles. The van der Waals surface area contributed by atoms with Crippen LogP contribution in [0, 0.1) is 0 Å². The van der Waals surface area contributed by atoms with E-state index in [0.29, 0.717) is 19.3 Å². The molecule has 0 radical (unpaired) electrons. The fourth-order valence-electron chi connectivity index (χ4n) is 2.80. The first-order valence-electron chi connectivity index (χ1n) is 9.06. The highest BCUT2D eigenvalue weighted by Gasteiger charge is 2.11.